The molecule has 0 fully saturated rings. The van der Waals surface area contributed by atoms with Crippen LogP contribution in [0.4, 0.5) is 0 Å². The second-order valence-corrected chi connectivity index (χ2v) is 2.99. The molecule has 0 aromatic heterocycles. The number of hydrogen-bond donors (Lipinski definition) is 2. The summed E-state index contributed by atoms with van der Waals surface area (Å²) in [6, 6.07) is 0. The first-order chi connectivity index (χ1) is 3.77. The quantitative estimate of drug-likeness (QED) is 0.454. The zero-order valence-electron chi connectivity index (χ0n) is 5.17. The largest absolute Gasteiger partial charge is 0.350 e. The Kier molecular flexibility index (Phi) is 5.73. The van der Waals surface area contributed by atoms with Crippen molar-refractivity contribution in [2.75, 3.05) is 6.16 Å². The molecule has 2 N–H and O–H groups in total. The highest BCUT2D eigenvalue weighted by molar-refractivity contribution is 7.45. The molecule has 3 heteroatoms. The fourth-order valence-corrected chi connectivity index (χ4v) is 1.01. The Morgan fingerprint density at radius 3 is 2.25 bits per heavy atom. The van der Waals surface area contributed by atoms with Crippen molar-refractivity contribution in [2.24, 2.45) is 0 Å². The molecule has 0 saturated heterocycles. The summed E-state index contributed by atoms with van der Waals surface area (Å²) >= 11 is 0. The summed E-state index contributed by atoms with van der Waals surface area (Å²) in [6.07, 6.45) is 3.79. The Morgan fingerprint density at radius 1 is 1.25 bits per heavy atom. The van der Waals surface area contributed by atoms with E-state index in [1.165, 1.54) is 0 Å². The number of hydrogen-bond acceptors (Lipinski definition) is 2. The van der Waals surface area contributed by atoms with E-state index in [1.54, 1.807) is 0 Å². The van der Waals surface area contributed by atoms with Crippen molar-refractivity contribution in [2.45, 2.75) is 26.2 Å². The third kappa shape index (κ3) is 6.35. The topological polar surface area (TPSA) is 40.5 Å². The Bertz CT molecular complexity index is 47.7. The molecule has 0 aromatic carbocycles. The second kappa shape index (κ2) is 5.49. The molecular weight excluding hydrogens is 123 g/mol. The number of rotatable bonds is 4. The third-order valence-corrected chi connectivity index (χ3v) is 1.68. The molecular formula is C5H13O2P. The molecule has 0 saturated carbocycles. The van der Waals surface area contributed by atoms with Crippen LogP contribution in [0.2, 0.25) is 0 Å². The summed E-state index contributed by atoms with van der Waals surface area (Å²) in [5.74, 6) is 0. The highest BCUT2D eigenvalue weighted by Gasteiger charge is 1.94. The summed E-state index contributed by atoms with van der Waals surface area (Å²) in [6.45, 7) is 2.09. The molecule has 0 aliphatic heterocycles. The fourth-order valence-electron chi connectivity index (χ4n) is 0.503. The van der Waals surface area contributed by atoms with Crippen molar-refractivity contribution < 1.29 is 9.79 Å². The number of unbranched alkanes of at least 4 members (excludes halogenated alkanes) is 2. The smallest absolute Gasteiger partial charge is 0.164 e. The van der Waals surface area contributed by atoms with Crippen LogP contribution < -0.4 is 0 Å². The molecule has 2 nitrogen and oxygen atoms in total. The molecule has 0 atom stereocenters. The first-order valence-electron chi connectivity index (χ1n) is 2.92. The van der Waals surface area contributed by atoms with E-state index in [9.17, 15) is 0 Å². The SMILES string of the molecule is CCCCCP(O)O. The molecule has 0 rings (SSSR count). The van der Waals surface area contributed by atoms with Crippen LogP contribution >= 0.6 is 8.38 Å². The fraction of sp³-hybridized carbons (Fsp3) is 1.00. The first-order valence-corrected chi connectivity index (χ1v) is 4.36. The van der Waals surface area contributed by atoms with Crippen molar-refractivity contribution in [3.8, 4) is 0 Å². The lowest BCUT2D eigenvalue weighted by Gasteiger charge is -1.98. The normalized spacial score (nSPS) is 10.5. The molecule has 8 heavy (non-hydrogen) atoms. The summed E-state index contributed by atoms with van der Waals surface area (Å²) in [5, 5.41) is 0. The molecule has 0 spiro atoms. The van der Waals surface area contributed by atoms with E-state index in [1.807, 2.05) is 0 Å². The molecule has 0 bridgehead atoms. The Hall–Kier alpha value is 0.350. The lowest BCUT2D eigenvalue weighted by atomic mass is 10.3. The average Bonchev–Trinajstić information content (AvgIpc) is 1.66. The van der Waals surface area contributed by atoms with E-state index in [2.05, 4.69) is 6.92 Å². The van der Waals surface area contributed by atoms with Gasteiger partial charge in [-0.15, -0.1) is 0 Å². The zero-order chi connectivity index (χ0) is 6.41. The van der Waals surface area contributed by atoms with Crippen molar-refractivity contribution in [3.63, 3.8) is 0 Å². The van der Waals surface area contributed by atoms with E-state index in [-0.39, 0.29) is 0 Å². The van der Waals surface area contributed by atoms with Gasteiger partial charge in [0, 0.05) is 6.16 Å². The van der Waals surface area contributed by atoms with Crippen LogP contribution in [-0.4, -0.2) is 15.9 Å². The minimum absolute atomic E-state index is 0.586. The molecule has 0 radical (unpaired) electrons. The maximum atomic E-state index is 8.40. The zero-order valence-corrected chi connectivity index (χ0v) is 6.06. The Labute approximate surface area is 51.5 Å². The summed E-state index contributed by atoms with van der Waals surface area (Å²) in [7, 11) is -1.61. The van der Waals surface area contributed by atoms with E-state index in [0.717, 1.165) is 19.3 Å². The van der Waals surface area contributed by atoms with Crippen molar-refractivity contribution in [1.82, 2.24) is 0 Å². The standard InChI is InChI=1S/C5H13O2P/c1-2-3-4-5-8(6)7/h6-7H,2-5H2,1H3. The van der Waals surface area contributed by atoms with Gasteiger partial charge in [-0.1, -0.05) is 19.8 Å². The lowest BCUT2D eigenvalue weighted by Crippen LogP contribution is -1.81. The van der Waals surface area contributed by atoms with Gasteiger partial charge < -0.3 is 9.79 Å². The molecule has 0 heterocycles. The van der Waals surface area contributed by atoms with Crippen LogP contribution in [0.15, 0.2) is 0 Å². The maximum Gasteiger partial charge on any atom is 0.164 e. The van der Waals surface area contributed by atoms with Crippen LogP contribution in [0, 0.1) is 0 Å². The van der Waals surface area contributed by atoms with E-state index in [4.69, 9.17) is 9.79 Å². The van der Waals surface area contributed by atoms with E-state index in [0.29, 0.717) is 6.16 Å². The molecule has 0 aliphatic carbocycles. The van der Waals surface area contributed by atoms with Gasteiger partial charge in [-0.05, 0) is 6.42 Å². The average molecular weight is 136 g/mol. The minimum Gasteiger partial charge on any atom is -0.350 e. The predicted octanol–water partition coefficient (Wildman–Crippen LogP) is 1.47. The van der Waals surface area contributed by atoms with Crippen LogP contribution in [0.5, 0.6) is 0 Å². The minimum atomic E-state index is -1.61. The first kappa shape index (κ1) is 8.35. The van der Waals surface area contributed by atoms with Crippen LogP contribution in [0.3, 0.4) is 0 Å². The van der Waals surface area contributed by atoms with E-state index < -0.39 is 8.38 Å². The molecule has 0 amide bonds. The third-order valence-electron chi connectivity index (χ3n) is 0.962. The Morgan fingerprint density at radius 2 is 1.88 bits per heavy atom. The molecule has 0 aliphatic rings. The van der Waals surface area contributed by atoms with Crippen molar-refractivity contribution >= 4 is 8.38 Å². The maximum absolute atomic E-state index is 8.40. The van der Waals surface area contributed by atoms with Crippen molar-refractivity contribution in [1.29, 1.82) is 0 Å². The molecule has 0 unspecified atom stereocenters. The van der Waals surface area contributed by atoms with Gasteiger partial charge in [0.2, 0.25) is 0 Å². The van der Waals surface area contributed by atoms with Gasteiger partial charge in [0.25, 0.3) is 0 Å². The highest BCUT2D eigenvalue weighted by atomic mass is 31.2. The van der Waals surface area contributed by atoms with Gasteiger partial charge in [-0.3, -0.25) is 0 Å². The van der Waals surface area contributed by atoms with Crippen LogP contribution in [-0.2, 0) is 0 Å². The lowest BCUT2D eigenvalue weighted by molar-refractivity contribution is 0.479. The monoisotopic (exact) mass is 136 g/mol. The summed E-state index contributed by atoms with van der Waals surface area (Å²) in [5.41, 5.74) is 0. The predicted molar refractivity (Wildman–Crippen MR) is 35.7 cm³/mol. The van der Waals surface area contributed by atoms with Crippen molar-refractivity contribution in [3.05, 3.63) is 0 Å². The van der Waals surface area contributed by atoms with Gasteiger partial charge in [-0.2, -0.15) is 0 Å². The van der Waals surface area contributed by atoms with Gasteiger partial charge in [0.05, 0.1) is 0 Å². The summed E-state index contributed by atoms with van der Waals surface area (Å²) < 4.78 is 0. The summed E-state index contributed by atoms with van der Waals surface area (Å²) in [4.78, 5) is 16.8. The molecule has 0 aromatic rings. The van der Waals surface area contributed by atoms with Gasteiger partial charge in [-0.25, -0.2) is 0 Å². The van der Waals surface area contributed by atoms with Gasteiger partial charge >= 0.3 is 0 Å². The Balaban J connectivity index is 2.72. The highest BCUT2D eigenvalue weighted by Crippen LogP contribution is 2.24. The van der Waals surface area contributed by atoms with Gasteiger partial charge in [0.1, 0.15) is 0 Å². The second-order valence-electron chi connectivity index (χ2n) is 1.80. The van der Waals surface area contributed by atoms with Gasteiger partial charge in [0.15, 0.2) is 8.38 Å². The molecule has 50 valence electrons. The van der Waals surface area contributed by atoms with Crippen LogP contribution in [0.1, 0.15) is 26.2 Å². The van der Waals surface area contributed by atoms with E-state index >= 15 is 0 Å². The van der Waals surface area contributed by atoms with Crippen LogP contribution in [0.25, 0.3) is 0 Å².